The summed E-state index contributed by atoms with van der Waals surface area (Å²) >= 11 is 0. The third-order valence-corrected chi connectivity index (χ3v) is 4.24. The van der Waals surface area contributed by atoms with Gasteiger partial charge in [-0.2, -0.15) is 0 Å². The van der Waals surface area contributed by atoms with E-state index in [4.69, 9.17) is 9.47 Å². The number of carbonyl (C=O) groups is 1. The zero-order valence-corrected chi connectivity index (χ0v) is 14.9. The van der Waals surface area contributed by atoms with Crippen molar-refractivity contribution in [2.24, 2.45) is 0 Å². The molecule has 2 N–H and O–H groups in total. The molecule has 7 heteroatoms. The molecule has 1 amide bonds. The fourth-order valence-corrected chi connectivity index (χ4v) is 2.79. The maximum Gasteiger partial charge on any atom is 0.274 e. The Bertz CT molecular complexity index is 992. The van der Waals surface area contributed by atoms with Crippen molar-refractivity contribution >= 4 is 17.3 Å². The van der Waals surface area contributed by atoms with Crippen LogP contribution >= 0.6 is 0 Å². The number of ether oxygens (including phenoxy) is 2. The zero-order valence-electron chi connectivity index (χ0n) is 14.9. The predicted molar refractivity (Wildman–Crippen MR) is 103 cm³/mol. The number of carbonyl (C=O) groups excluding carboxylic acids is 1. The van der Waals surface area contributed by atoms with Crippen molar-refractivity contribution in [1.29, 1.82) is 0 Å². The molecule has 0 bridgehead atoms. The molecule has 4 rings (SSSR count). The standard InChI is InChI=1S/C21H18FN3O3/c22-17-4-2-1-3-14(17)12-23-16-5-7-18(24-13-16)21(26)25-15-6-8-19-20(11-15)28-10-9-27-19/h1-8,11,13,23H,9-10,12H2,(H,25,26). The molecule has 3 aromatic rings. The maximum atomic E-state index is 13.6. The Labute approximate surface area is 161 Å². The van der Waals surface area contributed by atoms with Crippen LogP contribution < -0.4 is 20.1 Å². The van der Waals surface area contributed by atoms with Gasteiger partial charge < -0.3 is 20.1 Å². The van der Waals surface area contributed by atoms with Crippen LogP contribution in [-0.4, -0.2) is 24.1 Å². The van der Waals surface area contributed by atoms with Gasteiger partial charge in [0.1, 0.15) is 24.7 Å². The second-order valence-corrected chi connectivity index (χ2v) is 6.19. The molecule has 1 aromatic heterocycles. The van der Waals surface area contributed by atoms with Crippen molar-refractivity contribution in [3.8, 4) is 11.5 Å². The van der Waals surface area contributed by atoms with Gasteiger partial charge in [0, 0.05) is 23.9 Å². The molecular weight excluding hydrogens is 361 g/mol. The number of halogens is 1. The zero-order chi connectivity index (χ0) is 19.3. The highest BCUT2D eigenvalue weighted by atomic mass is 19.1. The molecule has 1 aliphatic rings. The molecule has 0 unspecified atom stereocenters. The monoisotopic (exact) mass is 379 g/mol. The van der Waals surface area contributed by atoms with Gasteiger partial charge in [-0.1, -0.05) is 18.2 Å². The Hall–Kier alpha value is -3.61. The van der Waals surface area contributed by atoms with Gasteiger partial charge in [-0.15, -0.1) is 0 Å². The average molecular weight is 379 g/mol. The van der Waals surface area contributed by atoms with Crippen LogP contribution in [-0.2, 0) is 6.54 Å². The highest BCUT2D eigenvalue weighted by Gasteiger charge is 2.14. The minimum atomic E-state index is -0.336. The highest BCUT2D eigenvalue weighted by Crippen LogP contribution is 2.32. The number of pyridine rings is 1. The van der Waals surface area contributed by atoms with Crippen LogP contribution in [0.15, 0.2) is 60.8 Å². The second kappa shape index (κ2) is 7.96. The van der Waals surface area contributed by atoms with E-state index in [1.807, 2.05) is 0 Å². The summed E-state index contributed by atoms with van der Waals surface area (Å²) in [6.07, 6.45) is 1.54. The first-order valence-corrected chi connectivity index (χ1v) is 8.83. The lowest BCUT2D eigenvalue weighted by atomic mass is 10.2. The van der Waals surface area contributed by atoms with E-state index in [0.717, 1.165) is 0 Å². The Balaban J connectivity index is 1.38. The van der Waals surface area contributed by atoms with Gasteiger partial charge in [-0.05, 0) is 30.3 Å². The summed E-state index contributed by atoms with van der Waals surface area (Å²) < 4.78 is 24.6. The van der Waals surface area contributed by atoms with Crippen molar-refractivity contribution in [2.45, 2.75) is 6.54 Å². The molecule has 6 nitrogen and oxygen atoms in total. The molecule has 0 saturated heterocycles. The summed E-state index contributed by atoms with van der Waals surface area (Å²) in [5, 5.41) is 5.87. The van der Waals surface area contributed by atoms with E-state index in [1.165, 1.54) is 6.07 Å². The van der Waals surface area contributed by atoms with Crippen LogP contribution in [0, 0.1) is 5.82 Å². The van der Waals surface area contributed by atoms with Gasteiger partial charge in [0.25, 0.3) is 5.91 Å². The molecule has 2 heterocycles. The normalized spacial score (nSPS) is 12.3. The maximum absolute atomic E-state index is 13.6. The lowest BCUT2D eigenvalue weighted by molar-refractivity contribution is 0.102. The third-order valence-electron chi connectivity index (χ3n) is 4.24. The van der Waals surface area contributed by atoms with E-state index >= 15 is 0 Å². The van der Waals surface area contributed by atoms with Gasteiger partial charge in [-0.25, -0.2) is 9.37 Å². The molecule has 0 fully saturated rings. The van der Waals surface area contributed by atoms with Crippen LogP contribution in [0.5, 0.6) is 11.5 Å². The summed E-state index contributed by atoms with van der Waals surface area (Å²) in [6.45, 7) is 1.32. The predicted octanol–water partition coefficient (Wildman–Crippen LogP) is 3.86. The largest absolute Gasteiger partial charge is 0.486 e. The van der Waals surface area contributed by atoms with Crippen molar-refractivity contribution < 1.29 is 18.7 Å². The van der Waals surface area contributed by atoms with Gasteiger partial charge in [0.2, 0.25) is 0 Å². The number of fused-ring (bicyclic) bond motifs is 1. The summed E-state index contributed by atoms with van der Waals surface area (Å²) in [5.74, 6) is 0.660. The molecule has 0 radical (unpaired) electrons. The number of amides is 1. The number of anilines is 2. The van der Waals surface area contributed by atoms with Crippen molar-refractivity contribution in [3.05, 3.63) is 77.9 Å². The quantitative estimate of drug-likeness (QED) is 0.704. The molecule has 0 spiro atoms. The number of benzene rings is 2. The Morgan fingerprint density at radius 3 is 2.57 bits per heavy atom. The van der Waals surface area contributed by atoms with E-state index < -0.39 is 0 Å². The molecule has 0 atom stereocenters. The van der Waals surface area contributed by atoms with Crippen LogP contribution in [0.2, 0.25) is 0 Å². The highest BCUT2D eigenvalue weighted by molar-refractivity contribution is 6.03. The molecule has 2 aromatic carbocycles. The number of rotatable bonds is 5. The summed E-state index contributed by atoms with van der Waals surface area (Å²) in [5.41, 5.74) is 2.12. The number of nitrogens with zero attached hydrogens (tertiary/aromatic N) is 1. The van der Waals surface area contributed by atoms with Crippen LogP contribution in [0.3, 0.4) is 0 Å². The van der Waals surface area contributed by atoms with Crippen LogP contribution in [0.4, 0.5) is 15.8 Å². The summed E-state index contributed by atoms with van der Waals surface area (Å²) in [6, 6.07) is 15.1. The lowest BCUT2D eigenvalue weighted by Crippen LogP contribution is -2.17. The van der Waals surface area contributed by atoms with Gasteiger partial charge in [0.05, 0.1) is 11.9 Å². The van der Waals surface area contributed by atoms with Gasteiger partial charge >= 0.3 is 0 Å². The SMILES string of the molecule is O=C(Nc1ccc2c(c1)OCCO2)c1ccc(NCc2ccccc2F)cn1. The average Bonchev–Trinajstić information content (AvgIpc) is 2.73. The molecular formula is C21H18FN3O3. The van der Waals surface area contributed by atoms with Crippen molar-refractivity contribution in [2.75, 3.05) is 23.8 Å². The first-order valence-electron chi connectivity index (χ1n) is 8.83. The van der Waals surface area contributed by atoms with Gasteiger partial charge in [0.15, 0.2) is 11.5 Å². The second-order valence-electron chi connectivity index (χ2n) is 6.19. The van der Waals surface area contributed by atoms with E-state index in [0.29, 0.717) is 48.2 Å². The Kier molecular flexibility index (Phi) is 5.05. The van der Waals surface area contributed by atoms with Crippen molar-refractivity contribution in [1.82, 2.24) is 4.98 Å². The first-order chi connectivity index (χ1) is 13.7. The third kappa shape index (κ3) is 4.03. The van der Waals surface area contributed by atoms with Gasteiger partial charge in [-0.3, -0.25) is 4.79 Å². The number of hydrogen-bond donors (Lipinski definition) is 2. The Morgan fingerprint density at radius 2 is 1.79 bits per heavy atom. The number of hydrogen-bond acceptors (Lipinski definition) is 5. The van der Waals surface area contributed by atoms with E-state index in [2.05, 4.69) is 15.6 Å². The molecule has 1 aliphatic heterocycles. The number of nitrogens with one attached hydrogen (secondary N) is 2. The van der Waals surface area contributed by atoms with E-state index in [1.54, 1.807) is 54.7 Å². The number of aromatic nitrogens is 1. The van der Waals surface area contributed by atoms with Crippen LogP contribution in [0.25, 0.3) is 0 Å². The van der Waals surface area contributed by atoms with Crippen LogP contribution in [0.1, 0.15) is 16.1 Å². The minimum absolute atomic E-state index is 0.265. The minimum Gasteiger partial charge on any atom is -0.486 e. The van der Waals surface area contributed by atoms with Crippen molar-refractivity contribution in [3.63, 3.8) is 0 Å². The molecule has 0 saturated carbocycles. The lowest BCUT2D eigenvalue weighted by Gasteiger charge is -2.19. The fraction of sp³-hybridized carbons (Fsp3) is 0.143. The molecule has 142 valence electrons. The molecule has 28 heavy (non-hydrogen) atoms. The first kappa shape index (κ1) is 17.8. The van der Waals surface area contributed by atoms with E-state index in [-0.39, 0.29) is 17.4 Å². The smallest absolute Gasteiger partial charge is 0.274 e. The summed E-state index contributed by atoms with van der Waals surface area (Å²) in [7, 11) is 0. The molecule has 0 aliphatic carbocycles. The Morgan fingerprint density at radius 1 is 1.00 bits per heavy atom. The van der Waals surface area contributed by atoms with E-state index in [9.17, 15) is 9.18 Å². The topological polar surface area (TPSA) is 72.5 Å². The summed E-state index contributed by atoms with van der Waals surface area (Å²) in [4.78, 5) is 16.6. The fourth-order valence-electron chi connectivity index (χ4n) is 2.79.